The lowest BCUT2D eigenvalue weighted by Crippen LogP contribution is -2.20. The predicted octanol–water partition coefficient (Wildman–Crippen LogP) is 2.72. The third-order valence-electron chi connectivity index (χ3n) is 3.78. The molecule has 0 aliphatic rings. The maximum absolute atomic E-state index is 12.1. The van der Waals surface area contributed by atoms with Crippen molar-refractivity contribution < 1.29 is 18.8 Å². The Bertz CT molecular complexity index is 965. The van der Waals surface area contributed by atoms with Gasteiger partial charge in [0.2, 0.25) is 5.88 Å². The largest absolute Gasteiger partial charge is 0.451 e. The number of aromatic nitrogens is 3. The van der Waals surface area contributed by atoms with E-state index in [2.05, 4.69) is 15.5 Å². The zero-order valence-electron chi connectivity index (χ0n) is 15.1. The van der Waals surface area contributed by atoms with E-state index in [1.807, 2.05) is 39.8 Å². The van der Waals surface area contributed by atoms with Gasteiger partial charge < -0.3 is 13.7 Å². The molecule has 26 heavy (non-hydrogen) atoms. The molecule has 3 aromatic heterocycles. The molecule has 0 aromatic carbocycles. The summed E-state index contributed by atoms with van der Waals surface area (Å²) >= 11 is 0. The summed E-state index contributed by atoms with van der Waals surface area (Å²) in [4.78, 5) is 28.2. The number of carbonyl (C=O) groups is 2. The van der Waals surface area contributed by atoms with E-state index in [9.17, 15) is 9.59 Å². The van der Waals surface area contributed by atoms with Crippen molar-refractivity contribution in [3.63, 3.8) is 0 Å². The smallest absolute Gasteiger partial charge is 0.359 e. The average molecular weight is 356 g/mol. The summed E-state index contributed by atoms with van der Waals surface area (Å²) in [6.07, 6.45) is 1.58. The number of imidazole rings is 1. The summed E-state index contributed by atoms with van der Waals surface area (Å²) in [6, 6.07) is 7.18. The lowest BCUT2D eigenvalue weighted by Gasteiger charge is -2.12. The van der Waals surface area contributed by atoms with Gasteiger partial charge >= 0.3 is 5.97 Å². The number of rotatable bonds is 4. The molecule has 8 heteroatoms. The lowest BCUT2D eigenvalue weighted by atomic mass is 9.92. The Morgan fingerprint density at radius 3 is 2.73 bits per heavy atom. The maximum Gasteiger partial charge on any atom is 0.359 e. The molecule has 0 spiro atoms. The number of ether oxygens (including phenoxy) is 1. The monoisotopic (exact) mass is 356 g/mol. The number of fused-ring (bicyclic) bond motifs is 1. The quantitative estimate of drug-likeness (QED) is 0.722. The van der Waals surface area contributed by atoms with Crippen molar-refractivity contribution in [1.82, 2.24) is 14.5 Å². The Hall–Kier alpha value is -3.16. The number of aryl methyl sites for hydroxylation is 1. The van der Waals surface area contributed by atoms with Crippen LogP contribution in [0.5, 0.6) is 0 Å². The molecule has 3 heterocycles. The Kier molecular flexibility index (Phi) is 4.50. The summed E-state index contributed by atoms with van der Waals surface area (Å²) in [7, 11) is 0. The molecule has 0 aliphatic heterocycles. The molecular formula is C18H20N4O4. The van der Waals surface area contributed by atoms with Gasteiger partial charge in [0.25, 0.3) is 5.91 Å². The number of carbonyl (C=O) groups excluding carboxylic acids is 2. The lowest BCUT2D eigenvalue weighted by molar-refractivity contribution is -0.119. The second-order valence-corrected chi connectivity index (χ2v) is 6.97. The SMILES string of the molecule is Cc1cccc2nc(C(=O)OCC(=O)Nc3cc(C(C)(C)C)no3)cn12. The van der Waals surface area contributed by atoms with Crippen LogP contribution in [0.3, 0.4) is 0 Å². The summed E-state index contributed by atoms with van der Waals surface area (Å²) in [5.74, 6) is -0.981. The zero-order chi connectivity index (χ0) is 18.9. The number of hydrogen-bond donors (Lipinski definition) is 1. The second-order valence-electron chi connectivity index (χ2n) is 6.97. The zero-order valence-corrected chi connectivity index (χ0v) is 15.1. The first-order valence-electron chi connectivity index (χ1n) is 8.13. The minimum absolute atomic E-state index is 0.141. The van der Waals surface area contributed by atoms with E-state index in [0.717, 1.165) is 5.69 Å². The van der Waals surface area contributed by atoms with Crippen LogP contribution in [0.15, 0.2) is 35.0 Å². The highest BCUT2D eigenvalue weighted by atomic mass is 16.5. The van der Waals surface area contributed by atoms with Crippen LogP contribution >= 0.6 is 0 Å². The normalized spacial score (nSPS) is 11.5. The van der Waals surface area contributed by atoms with Gasteiger partial charge in [-0.3, -0.25) is 10.1 Å². The van der Waals surface area contributed by atoms with Gasteiger partial charge in [-0.15, -0.1) is 0 Å². The Morgan fingerprint density at radius 2 is 2.08 bits per heavy atom. The molecule has 8 nitrogen and oxygen atoms in total. The van der Waals surface area contributed by atoms with Crippen LogP contribution in [-0.2, 0) is 14.9 Å². The van der Waals surface area contributed by atoms with E-state index in [1.165, 1.54) is 0 Å². The van der Waals surface area contributed by atoms with Crippen molar-refractivity contribution in [1.29, 1.82) is 0 Å². The molecule has 1 N–H and O–H groups in total. The maximum atomic E-state index is 12.1. The summed E-state index contributed by atoms with van der Waals surface area (Å²) < 4.78 is 11.9. The van der Waals surface area contributed by atoms with Gasteiger partial charge in [0.1, 0.15) is 5.65 Å². The molecule has 0 saturated carbocycles. The van der Waals surface area contributed by atoms with Gasteiger partial charge in [0, 0.05) is 23.4 Å². The Balaban J connectivity index is 1.59. The van der Waals surface area contributed by atoms with E-state index in [-0.39, 0.29) is 17.0 Å². The first-order valence-corrected chi connectivity index (χ1v) is 8.13. The third kappa shape index (κ3) is 3.74. The molecule has 0 unspecified atom stereocenters. The third-order valence-corrected chi connectivity index (χ3v) is 3.78. The fourth-order valence-electron chi connectivity index (χ4n) is 2.31. The van der Waals surface area contributed by atoms with E-state index in [1.54, 1.807) is 22.7 Å². The molecule has 0 aliphatic carbocycles. The highest BCUT2D eigenvalue weighted by Gasteiger charge is 2.20. The van der Waals surface area contributed by atoms with Crippen LogP contribution < -0.4 is 5.32 Å². The van der Waals surface area contributed by atoms with Crippen LogP contribution in [-0.4, -0.2) is 33.0 Å². The van der Waals surface area contributed by atoms with Crippen LogP contribution in [0.1, 0.15) is 42.6 Å². The molecular weight excluding hydrogens is 336 g/mol. The standard InChI is InChI=1S/C18H20N4O4/c1-11-6-5-7-14-19-12(9-22(11)14)17(24)25-10-15(23)20-16-8-13(21-26-16)18(2,3)4/h5-9H,10H2,1-4H3,(H,20,23). The number of nitrogens with zero attached hydrogens (tertiary/aromatic N) is 3. The van der Waals surface area contributed by atoms with E-state index in [4.69, 9.17) is 9.26 Å². The highest BCUT2D eigenvalue weighted by molar-refractivity contribution is 5.94. The molecule has 0 bridgehead atoms. The van der Waals surface area contributed by atoms with Crippen molar-refractivity contribution in [2.24, 2.45) is 0 Å². The van der Waals surface area contributed by atoms with Gasteiger partial charge in [0.05, 0.1) is 5.69 Å². The molecule has 1 amide bonds. The average Bonchev–Trinajstić information content (AvgIpc) is 3.19. The molecule has 0 saturated heterocycles. The molecule has 3 aromatic rings. The van der Waals surface area contributed by atoms with Crippen LogP contribution in [0.25, 0.3) is 5.65 Å². The van der Waals surface area contributed by atoms with Gasteiger partial charge in [-0.1, -0.05) is 32.0 Å². The molecule has 0 atom stereocenters. The number of nitrogens with one attached hydrogen (secondary N) is 1. The minimum Gasteiger partial charge on any atom is -0.451 e. The predicted molar refractivity (Wildman–Crippen MR) is 94.0 cm³/mol. The van der Waals surface area contributed by atoms with Crippen LogP contribution in [0, 0.1) is 6.92 Å². The van der Waals surface area contributed by atoms with Gasteiger partial charge in [-0.25, -0.2) is 9.78 Å². The summed E-state index contributed by atoms with van der Waals surface area (Å²) in [5, 5.41) is 6.41. The Morgan fingerprint density at radius 1 is 1.31 bits per heavy atom. The number of esters is 1. The molecule has 3 rings (SSSR count). The summed E-state index contributed by atoms with van der Waals surface area (Å²) in [6.45, 7) is 7.40. The number of hydrogen-bond acceptors (Lipinski definition) is 6. The van der Waals surface area contributed by atoms with Crippen LogP contribution in [0.2, 0.25) is 0 Å². The van der Waals surface area contributed by atoms with Gasteiger partial charge in [-0.05, 0) is 19.1 Å². The number of amides is 1. The fourth-order valence-corrected chi connectivity index (χ4v) is 2.31. The van der Waals surface area contributed by atoms with Crippen molar-refractivity contribution in [2.75, 3.05) is 11.9 Å². The number of anilines is 1. The molecule has 136 valence electrons. The second kappa shape index (κ2) is 6.62. The fraction of sp³-hybridized carbons (Fsp3) is 0.333. The van der Waals surface area contributed by atoms with E-state index >= 15 is 0 Å². The highest BCUT2D eigenvalue weighted by Crippen LogP contribution is 2.23. The van der Waals surface area contributed by atoms with Crippen molar-refractivity contribution in [3.05, 3.63) is 47.5 Å². The minimum atomic E-state index is -0.670. The first kappa shape index (κ1) is 17.7. The van der Waals surface area contributed by atoms with Crippen molar-refractivity contribution >= 4 is 23.4 Å². The van der Waals surface area contributed by atoms with E-state index in [0.29, 0.717) is 11.3 Å². The first-order chi connectivity index (χ1) is 12.2. The topological polar surface area (TPSA) is 98.7 Å². The summed E-state index contributed by atoms with van der Waals surface area (Å²) in [5.41, 5.74) is 2.23. The van der Waals surface area contributed by atoms with Crippen molar-refractivity contribution in [3.8, 4) is 0 Å². The van der Waals surface area contributed by atoms with Crippen molar-refractivity contribution in [2.45, 2.75) is 33.1 Å². The van der Waals surface area contributed by atoms with Crippen LogP contribution in [0.4, 0.5) is 5.88 Å². The molecule has 0 fully saturated rings. The number of pyridine rings is 1. The van der Waals surface area contributed by atoms with E-state index < -0.39 is 18.5 Å². The van der Waals surface area contributed by atoms with Gasteiger partial charge in [-0.2, -0.15) is 0 Å². The molecule has 0 radical (unpaired) electrons. The van der Waals surface area contributed by atoms with Gasteiger partial charge in [0.15, 0.2) is 12.3 Å². The Labute approximate surface area is 150 Å².